The lowest BCUT2D eigenvalue weighted by molar-refractivity contribution is 0.0521. The van der Waals surface area contributed by atoms with Gasteiger partial charge in [0, 0.05) is 0 Å². The van der Waals surface area contributed by atoms with E-state index in [1.807, 2.05) is 6.92 Å². The van der Waals surface area contributed by atoms with Gasteiger partial charge in [0.05, 0.1) is 11.1 Å². The molecule has 0 saturated carbocycles. The Hall–Kier alpha value is -0.750. The van der Waals surface area contributed by atoms with Crippen LogP contribution in [0, 0.1) is 0 Å². The van der Waals surface area contributed by atoms with Gasteiger partial charge in [-0.1, -0.05) is 6.92 Å². The molecule has 0 aliphatic rings. The van der Waals surface area contributed by atoms with Crippen molar-refractivity contribution < 1.29 is 19.7 Å². The summed E-state index contributed by atoms with van der Waals surface area (Å²) < 4.78 is 5.33. The van der Waals surface area contributed by atoms with Crippen molar-refractivity contribution in [3.05, 3.63) is 20.1 Å². The van der Waals surface area contributed by atoms with Crippen molar-refractivity contribution >= 4 is 37.8 Å². The predicted molar refractivity (Wildman–Crippen MR) is 70.5 cm³/mol. The fourth-order valence-corrected chi connectivity index (χ4v) is 2.81. The Morgan fingerprint density at radius 2 is 1.76 bits per heavy atom. The van der Waals surface area contributed by atoms with Crippen LogP contribution in [0.3, 0.4) is 0 Å². The monoisotopic (exact) mass is 366 g/mol. The Morgan fingerprint density at radius 1 is 1.18 bits per heavy atom. The van der Waals surface area contributed by atoms with E-state index in [4.69, 9.17) is 4.74 Å². The van der Waals surface area contributed by atoms with Crippen molar-refractivity contribution in [2.75, 3.05) is 6.61 Å². The van der Waals surface area contributed by atoms with E-state index in [1.165, 1.54) is 0 Å². The highest BCUT2D eigenvalue weighted by Gasteiger charge is 2.25. The minimum absolute atomic E-state index is 0.0737. The fraction of sp³-hybridized carbons (Fsp3) is 0.364. The van der Waals surface area contributed by atoms with Gasteiger partial charge in [0.1, 0.15) is 21.5 Å². The summed E-state index contributed by atoms with van der Waals surface area (Å²) in [7, 11) is 0. The Balaban J connectivity index is 3.52. The summed E-state index contributed by atoms with van der Waals surface area (Å²) in [5.74, 6) is -1.04. The lowest BCUT2D eigenvalue weighted by Gasteiger charge is -2.14. The molecule has 0 aliphatic heterocycles. The molecular weight excluding hydrogens is 356 g/mol. The number of hydrogen-bond acceptors (Lipinski definition) is 4. The minimum atomic E-state index is -0.608. The number of halogens is 2. The van der Waals surface area contributed by atoms with Crippen LogP contribution >= 0.6 is 31.9 Å². The number of benzene rings is 1. The topological polar surface area (TPSA) is 66.8 Å². The molecule has 0 radical (unpaired) electrons. The van der Waals surface area contributed by atoms with E-state index in [0.717, 1.165) is 0 Å². The summed E-state index contributed by atoms with van der Waals surface area (Å²) in [6, 6.07) is 0. The maximum absolute atomic E-state index is 11.8. The number of phenols is 2. The zero-order valence-corrected chi connectivity index (χ0v) is 12.6. The van der Waals surface area contributed by atoms with Gasteiger partial charge in [-0.15, -0.1) is 0 Å². The van der Waals surface area contributed by atoms with Gasteiger partial charge < -0.3 is 14.9 Å². The highest BCUT2D eigenvalue weighted by Crippen LogP contribution is 2.44. The third kappa shape index (κ3) is 2.57. The lowest BCUT2D eigenvalue weighted by atomic mass is 10.0. The smallest absolute Gasteiger partial charge is 0.342 e. The van der Waals surface area contributed by atoms with Gasteiger partial charge in [0.2, 0.25) is 0 Å². The van der Waals surface area contributed by atoms with Gasteiger partial charge in [-0.05, 0) is 50.8 Å². The molecule has 0 heterocycles. The van der Waals surface area contributed by atoms with Crippen molar-refractivity contribution in [1.82, 2.24) is 0 Å². The van der Waals surface area contributed by atoms with E-state index < -0.39 is 5.97 Å². The number of rotatable bonds is 3. The van der Waals surface area contributed by atoms with Crippen LogP contribution in [0.2, 0.25) is 0 Å². The van der Waals surface area contributed by atoms with Crippen LogP contribution in [0.25, 0.3) is 0 Å². The number of carbonyl (C=O) groups is 1. The molecule has 0 amide bonds. The highest BCUT2D eigenvalue weighted by atomic mass is 79.9. The fourth-order valence-electron chi connectivity index (χ4n) is 1.47. The zero-order valence-electron chi connectivity index (χ0n) is 9.38. The van der Waals surface area contributed by atoms with Crippen LogP contribution in [0.1, 0.15) is 29.8 Å². The Bertz CT molecular complexity index is 458. The third-order valence-corrected chi connectivity index (χ3v) is 3.87. The maximum atomic E-state index is 11.8. The number of hydrogen-bond donors (Lipinski definition) is 2. The first-order valence-corrected chi connectivity index (χ1v) is 6.63. The molecule has 17 heavy (non-hydrogen) atoms. The highest BCUT2D eigenvalue weighted by molar-refractivity contribution is 9.11. The second-order valence-electron chi connectivity index (χ2n) is 3.25. The number of esters is 1. The molecule has 0 spiro atoms. The Labute approximate surface area is 116 Å². The summed E-state index contributed by atoms with van der Waals surface area (Å²) >= 11 is 6.22. The molecule has 0 unspecified atom stereocenters. The molecule has 1 rings (SSSR count). The predicted octanol–water partition coefficient (Wildman–Crippen LogP) is 3.36. The van der Waals surface area contributed by atoms with Gasteiger partial charge in [0.25, 0.3) is 0 Å². The molecule has 0 bridgehead atoms. The van der Waals surface area contributed by atoms with E-state index in [9.17, 15) is 15.0 Å². The van der Waals surface area contributed by atoms with Crippen LogP contribution in [-0.2, 0) is 11.2 Å². The average molecular weight is 368 g/mol. The average Bonchev–Trinajstić information content (AvgIpc) is 2.31. The first-order valence-electron chi connectivity index (χ1n) is 5.04. The second-order valence-corrected chi connectivity index (χ2v) is 4.84. The van der Waals surface area contributed by atoms with Crippen molar-refractivity contribution in [2.24, 2.45) is 0 Å². The second kappa shape index (κ2) is 5.73. The number of ether oxygens (including phenoxy) is 1. The van der Waals surface area contributed by atoms with Gasteiger partial charge in [-0.25, -0.2) is 4.79 Å². The van der Waals surface area contributed by atoms with Crippen LogP contribution in [-0.4, -0.2) is 22.8 Å². The summed E-state index contributed by atoms with van der Waals surface area (Å²) in [6.07, 6.45) is 0.475. The van der Waals surface area contributed by atoms with Gasteiger partial charge in [-0.2, -0.15) is 0 Å². The van der Waals surface area contributed by atoms with E-state index >= 15 is 0 Å². The van der Waals surface area contributed by atoms with Crippen LogP contribution in [0.5, 0.6) is 11.5 Å². The summed E-state index contributed by atoms with van der Waals surface area (Å²) in [4.78, 5) is 11.8. The van der Waals surface area contributed by atoms with Gasteiger partial charge in [-0.3, -0.25) is 0 Å². The van der Waals surface area contributed by atoms with Crippen LogP contribution in [0.15, 0.2) is 8.95 Å². The van der Waals surface area contributed by atoms with E-state index in [2.05, 4.69) is 31.9 Å². The first kappa shape index (κ1) is 14.3. The number of aromatic hydroxyl groups is 2. The summed E-state index contributed by atoms with van der Waals surface area (Å²) in [5, 5.41) is 19.6. The van der Waals surface area contributed by atoms with Gasteiger partial charge in [0.15, 0.2) is 0 Å². The number of phenolic OH excluding ortho intramolecular Hbond substituents is 2. The molecule has 4 nitrogen and oxygen atoms in total. The molecule has 1 aromatic rings. The zero-order chi connectivity index (χ0) is 13.2. The first-order chi connectivity index (χ1) is 7.95. The Morgan fingerprint density at radius 3 is 2.24 bits per heavy atom. The standard InChI is InChI=1S/C11H12Br2O4/c1-3-5-6(11(16)17-4-2)9(14)8(13)10(15)7(5)12/h14-15H,3-4H2,1-2H3. The van der Waals surface area contributed by atoms with Crippen molar-refractivity contribution in [1.29, 1.82) is 0 Å². The Kier molecular flexibility index (Phi) is 4.82. The molecule has 0 saturated heterocycles. The van der Waals surface area contributed by atoms with Gasteiger partial charge >= 0.3 is 5.97 Å². The molecule has 0 fully saturated rings. The molecule has 0 aromatic heterocycles. The van der Waals surface area contributed by atoms with Crippen molar-refractivity contribution in [2.45, 2.75) is 20.3 Å². The van der Waals surface area contributed by atoms with E-state index in [1.54, 1.807) is 6.92 Å². The quantitative estimate of drug-likeness (QED) is 0.804. The van der Waals surface area contributed by atoms with Crippen LogP contribution in [0.4, 0.5) is 0 Å². The van der Waals surface area contributed by atoms with Crippen molar-refractivity contribution in [3.63, 3.8) is 0 Å². The normalized spacial score (nSPS) is 10.4. The largest absolute Gasteiger partial charge is 0.506 e. The molecular formula is C11H12Br2O4. The maximum Gasteiger partial charge on any atom is 0.342 e. The molecule has 94 valence electrons. The molecule has 2 N–H and O–H groups in total. The molecule has 6 heteroatoms. The van der Waals surface area contributed by atoms with E-state index in [0.29, 0.717) is 16.5 Å². The lowest BCUT2D eigenvalue weighted by Crippen LogP contribution is -2.09. The minimum Gasteiger partial charge on any atom is -0.506 e. The van der Waals surface area contributed by atoms with Crippen molar-refractivity contribution in [3.8, 4) is 11.5 Å². The van der Waals surface area contributed by atoms with E-state index in [-0.39, 0.29) is 28.1 Å². The molecule has 1 aromatic carbocycles. The molecule has 0 atom stereocenters. The molecule has 0 aliphatic carbocycles. The number of carbonyl (C=O) groups excluding carboxylic acids is 1. The summed E-state index contributed by atoms with van der Waals surface area (Å²) in [5.41, 5.74) is 0.590. The SMILES string of the molecule is CCOC(=O)c1c(O)c(Br)c(O)c(Br)c1CC. The summed E-state index contributed by atoms with van der Waals surface area (Å²) in [6.45, 7) is 3.72. The van der Waals surface area contributed by atoms with Crippen LogP contribution < -0.4 is 0 Å². The third-order valence-electron chi connectivity index (χ3n) is 2.26.